The number of aromatic nitrogens is 1. The molecule has 1 aromatic heterocycles. The second-order valence-corrected chi connectivity index (χ2v) is 6.22. The molecule has 0 bridgehead atoms. The van der Waals surface area contributed by atoms with E-state index in [9.17, 15) is 9.59 Å². The smallest absolute Gasteiger partial charge is 0.286 e. The lowest BCUT2D eigenvalue weighted by Crippen LogP contribution is -2.42. The SMILES string of the molecule is Cc1ccccc1SCC(=O)NNC(=O)c1cc(Br)c[nH]1. The Labute approximate surface area is 135 Å². The predicted octanol–water partition coefficient (Wildman–Crippen LogP) is 2.64. The van der Waals surface area contributed by atoms with Gasteiger partial charge in [0.25, 0.3) is 5.91 Å². The molecular weight excluding hydrogens is 354 g/mol. The third-order valence-electron chi connectivity index (χ3n) is 2.66. The average molecular weight is 368 g/mol. The van der Waals surface area contributed by atoms with Crippen molar-refractivity contribution in [2.45, 2.75) is 11.8 Å². The summed E-state index contributed by atoms with van der Waals surface area (Å²) in [5, 5.41) is 0. The summed E-state index contributed by atoms with van der Waals surface area (Å²) in [6.45, 7) is 1.99. The van der Waals surface area contributed by atoms with Crippen molar-refractivity contribution in [1.82, 2.24) is 15.8 Å². The highest BCUT2D eigenvalue weighted by Gasteiger charge is 2.09. The zero-order chi connectivity index (χ0) is 15.2. The van der Waals surface area contributed by atoms with E-state index in [0.29, 0.717) is 5.69 Å². The third kappa shape index (κ3) is 4.64. The van der Waals surface area contributed by atoms with Gasteiger partial charge < -0.3 is 4.98 Å². The number of aryl methyl sites for hydroxylation is 1. The van der Waals surface area contributed by atoms with Crippen LogP contribution in [0.15, 0.2) is 45.9 Å². The zero-order valence-electron chi connectivity index (χ0n) is 11.3. The molecule has 0 fully saturated rings. The summed E-state index contributed by atoms with van der Waals surface area (Å²) in [4.78, 5) is 27.2. The van der Waals surface area contributed by atoms with Gasteiger partial charge in [0.05, 0.1) is 5.75 Å². The van der Waals surface area contributed by atoms with Gasteiger partial charge in [0.1, 0.15) is 5.69 Å². The van der Waals surface area contributed by atoms with E-state index in [1.165, 1.54) is 11.8 Å². The molecule has 3 N–H and O–H groups in total. The number of thioether (sulfide) groups is 1. The number of halogens is 1. The number of hydrogen-bond acceptors (Lipinski definition) is 3. The van der Waals surface area contributed by atoms with Crippen LogP contribution in [0.25, 0.3) is 0 Å². The van der Waals surface area contributed by atoms with E-state index in [-0.39, 0.29) is 11.7 Å². The van der Waals surface area contributed by atoms with Gasteiger partial charge in [-0.2, -0.15) is 0 Å². The van der Waals surface area contributed by atoms with Gasteiger partial charge in [-0.1, -0.05) is 18.2 Å². The zero-order valence-corrected chi connectivity index (χ0v) is 13.7. The van der Waals surface area contributed by atoms with E-state index in [1.807, 2.05) is 31.2 Å². The lowest BCUT2D eigenvalue weighted by atomic mass is 10.2. The highest BCUT2D eigenvalue weighted by molar-refractivity contribution is 9.10. The summed E-state index contributed by atoms with van der Waals surface area (Å²) in [6, 6.07) is 9.46. The molecule has 0 saturated carbocycles. The fraction of sp³-hybridized carbons (Fsp3) is 0.143. The van der Waals surface area contributed by atoms with Crippen LogP contribution in [-0.4, -0.2) is 22.6 Å². The first-order valence-electron chi connectivity index (χ1n) is 6.18. The van der Waals surface area contributed by atoms with Crippen LogP contribution in [-0.2, 0) is 4.79 Å². The maximum Gasteiger partial charge on any atom is 0.286 e. The maximum atomic E-state index is 11.7. The van der Waals surface area contributed by atoms with Gasteiger partial charge in [0.2, 0.25) is 5.91 Å². The molecule has 7 heteroatoms. The highest BCUT2D eigenvalue weighted by Crippen LogP contribution is 2.21. The van der Waals surface area contributed by atoms with Crippen LogP contribution in [0.5, 0.6) is 0 Å². The molecule has 21 heavy (non-hydrogen) atoms. The number of hydrazine groups is 1. The quantitative estimate of drug-likeness (QED) is 0.574. The number of rotatable bonds is 4. The van der Waals surface area contributed by atoms with Gasteiger partial charge in [0, 0.05) is 15.6 Å². The topological polar surface area (TPSA) is 74.0 Å². The van der Waals surface area contributed by atoms with Gasteiger partial charge >= 0.3 is 0 Å². The predicted molar refractivity (Wildman–Crippen MR) is 86.0 cm³/mol. The first-order valence-corrected chi connectivity index (χ1v) is 7.95. The Balaban J connectivity index is 1.78. The van der Waals surface area contributed by atoms with Crippen LogP contribution in [0.2, 0.25) is 0 Å². The summed E-state index contributed by atoms with van der Waals surface area (Å²) < 4.78 is 0.772. The van der Waals surface area contributed by atoms with E-state index in [2.05, 4.69) is 31.8 Å². The molecule has 2 rings (SSSR count). The van der Waals surface area contributed by atoms with Crippen molar-refractivity contribution in [2.75, 3.05) is 5.75 Å². The number of aromatic amines is 1. The lowest BCUT2D eigenvalue weighted by molar-refractivity contribution is -0.119. The van der Waals surface area contributed by atoms with Crippen molar-refractivity contribution in [3.63, 3.8) is 0 Å². The molecule has 2 aromatic rings. The lowest BCUT2D eigenvalue weighted by Gasteiger charge is -2.07. The number of H-pyrrole nitrogens is 1. The van der Waals surface area contributed by atoms with Gasteiger partial charge in [-0.05, 0) is 40.5 Å². The van der Waals surface area contributed by atoms with Gasteiger partial charge in [-0.15, -0.1) is 11.8 Å². The number of hydrogen-bond donors (Lipinski definition) is 3. The Morgan fingerprint density at radius 1 is 1.29 bits per heavy atom. The van der Waals surface area contributed by atoms with E-state index in [4.69, 9.17) is 0 Å². The van der Waals surface area contributed by atoms with Gasteiger partial charge in [-0.25, -0.2) is 0 Å². The fourth-order valence-electron chi connectivity index (χ4n) is 1.59. The van der Waals surface area contributed by atoms with Crippen LogP contribution in [0.4, 0.5) is 0 Å². The van der Waals surface area contributed by atoms with Crippen LogP contribution < -0.4 is 10.9 Å². The molecule has 0 atom stereocenters. The molecule has 0 aliphatic rings. The van der Waals surface area contributed by atoms with Crippen LogP contribution in [0.3, 0.4) is 0 Å². The van der Waals surface area contributed by atoms with Crippen molar-refractivity contribution in [3.05, 3.63) is 52.3 Å². The monoisotopic (exact) mass is 367 g/mol. The standard InChI is InChI=1S/C14H14BrN3O2S/c1-9-4-2-3-5-12(9)21-8-13(19)17-18-14(20)11-6-10(15)7-16-11/h2-7,16H,8H2,1H3,(H,17,19)(H,18,20). The molecule has 5 nitrogen and oxygen atoms in total. The first-order chi connectivity index (χ1) is 10.1. The number of nitrogens with one attached hydrogen (secondary N) is 3. The molecule has 0 radical (unpaired) electrons. The van der Waals surface area contributed by atoms with Crippen molar-refractivity contribution < 1.29 is 9.59 Å². The van der Waals surface area contributed by atoms with Crippen LogP contribution in [0, 0.1) is 6.92 Å². The van der Waals surface area contributed by atoms with Crippen molar-refractivity contribution in [2.24, 2.45) is 0 Å². The second kappa shape index (κ2) is 7.33. The van der Waals surface area contributed by atoms with E-state index >= 15 is 0 Å². The molecule has 0 unspecified atom stereocenters. The minimum atomic E-state index is -0.394. The fourth-order valence-corrected chi connectivity index (χ4v) is 2.76. The summed E-state index contributed by atoms with van der Waals surface area (Å²) in [5.74, 6) is -0.420. The molecular formula is C14H14BrN3O2S. The van der Waals surface area contributed by atoms with E-state index in [1.54, 1.807) is 12.3 Å². The summed E-state index contributed by atoms with van der Waals surface area (Å²) in [5.41, 5.74) is 6.23. The Morgan fingerprint density at radius 3 is 2.71 bits per heavy atom. The summed E-state index contributed by atoms with van der Waals surface area (Å²) in [7, 11) is 0. The molecule has 110 valence electrons. The normalized spacial score (nSPS) is 10.2. The number of amides is 2. The Kier molecular flexibility index (Phi) is 5.46. The number of benzene rings is 1. The van der Waals surface area contributed by atoms with Crippen molar-refractivity contribution >= 4 is 39.5 Å². The molecule has 1 heterocycles. The van der Waals surface area contributed by atoms with E-state index < -0.39 is 5.91 Å². The van der Waals surface area contributed by atoms with Crippen molar-refractivity contribution in [1.29, 1.82) is 0 Å². The average Bonchev–Trinajstić information content (AvgIpc) is 2.90. The molecule has 0 saturated heterocycles. The first kappa shape index (κ1) is 15.7. The summed E-state index contributed by atoms with van der Waals surface area (Å²) >= 11 is 4.66. The third-order valence-corrected chi connectivity index (χ3v) is 4.29. The minimum absolute atomic E-state index is 0.236. The highest BCUT2D eigenvalue weighted by atomic mass is 79.9. The van der Waals surface area contributed by atoms with E-state index in [0.717, 1.165) is 14.9 Å². The Hall–Kier alpha value is -1.73. The minimum Gasteiger partial charge on any atom is -0.356 e. The number of carbonyl (C=O) groups is 2. The van der Waals surface area contributed by atoms with Gasteiger partial charge in [-0.3, -0.25) is 20.4 Å². The Morgan fingerprint density at radius 2 is 2.05 bits per heavy atom. The summed E-state index contributed by atoms with van der Waals surface area (Å²) in [6.07, 6.45) is 1.64. The molecule has 1 aromatic carbocycles. The molecule has 0 aliphatic carbocycles. The van der Waals surface area contributed by atoms with Crippen molar-refractivity contribution in [3.8, 4) is 0 Å². The molecule has 0 spiro atoms. The largest absolute Gasteiger partial charge is 0.356 e. The van der Waals surface area contributed by atoms with Crippen LogP contribution in [0.1, 0.15) is 16.1 Å². The van der Waals surface area contributed by atoms with Gasteiger partial charge in [0.15, 0.2) is 0 Å². The Bertz CT molecular complexity index is 657. The number of carbonyl (C=O) groups excluding carboxylic acids is 2. The second-order valence-electron chi connectivity index (χ2n) is 4.29. The molecule has 0 aliphatic heterocycles. The molecule has 2 amide bonds. The maximum absolute atomic E-state index is 11.7. The van der Waals surface area contributed by atoms with Crippen LogP contribution >= 0.6 is 27.7 Å².